The van der Waals surface area contributed by atoms with Gasteiger partial charge >= 0.3 is 124 Å². The summed E-state index contributed by atoms with van der Waals surface area (Å²) in [5.74, 6) is 0. The van der Waals surface area contributed by atoms with Gasteiger partial charge in [0.15, 0.2) is 0 Å². The number of hydrogen-bond acceptors (Lipinski definition) is 0. The van der Waals surface area contributed by atoms with Crippen molar-refractivity contribution >= 4 is 26.3 Å². The molecule has 0 aromatic rings. The van der Waals surface area contributed by atoms with Crippen LogP contribution in [0.15, 0.2) is 21.0 Å². The van der Waals surface area contributed by atoms with Gasteiger partial charge in [-0.2, -0.15) is 0 Å². The molecule has 0 bridgehead atoms. The van der Waals surface area contributed by atoms with Crippen LogP contribution in [0.2, 0.25) is 0 Å². The molecule has 0 aliphatic heterocycles. The topological polar surface area (TPSA) is 0 Å². The molecular formula is C16H26LiP. The second-order valence-electron chi connectivity index (χ2n) is 6.55. The Kier molecular flexibility index (Phi) is 4.86. The van der Waals surface area contributed by atoms with Crippen LogP contribution in [0, 0.1) is 5.41 Å². The Balaban J connectivity index is 2.04. The second kappa shape index (κ2) is 5.87. The first kappa shape index (κ1) is 14.9. The Bertz CT molecular complexity index is 362. The molecule has 1 fully saturated rings. The summed E-state index contributed by atoms with van der Waals surface area (Å²) in [4.78, 5) is 0. The molecule has 0 saturated heterocycles. The number of hydrogen-bond donors (Lipinski definition) is 0. The molecule has 1 saturated carbocycles. The van der Waals surface area contributed by atoms with Gasteiger partial charge in [0.25, 0.3) is 0 Å². The van der Waals surface area contributed by atoms with E-state index in [1.165, 1.54) is 46.8 Å². The zero-order valence-corrected chi connectivity index (χ0v) is 13.8. The van der Waals surface area contributed by atoms with Crippen molar-refractivity contribution in [3.63, 3.8) is 0 Å². The summed E-state index contributed by atoms with van der Waals surface area (Å²) in [7, 11) is 1.17. The van der Waals surface area contributed by atoms with Crippen LogP contribution in [0.3, 0.4) is 0 Å². The Morgan fingerprint density at radius 3 is 2.22 bits per heavy atom. The van der Waals surface area contributed by atoms with Crippen LogP contribution in [-0.4, -0.2) is 29.5 Å². The summed E-state index contributed by atoms with van der Waals surface area (Å²) in [6.45, 7) is 9.46. The molecule has 0 spiro atoms. The van der Waals surface area contributed by atoms with Crippen molar-refractivity contribution < 1.29 is 0 Å². The van der Waals surface area contributed by atoms with Gasteiger partial charge in [-0.15, -0.1) is 0 Å². The first-order valence-corrected chi connectivity index (χ1v) is 8.85. The van der Waals surface area contributed by atoms with Gasteiger partial charge in [0, 0.05) is 0 Å². The van der Waals surface area contributed by atoms with E-state index in [1.54, 1.807) is 21.0 Å². The Hall–Kier alpha value is 0.507. The molecule has 96 valence electrons. The van der Waals surface area contributed by atoms with Crippen LogP contribution in [-0.2, 0) is 0 Å². The minimum atomic E-state index is 0.379. The molecule has 2 unspecified atom stereocenters. The molecule has 0 amide bonds. The van der Waals surface area contributed by atoms with Gasteiger partial charge in [0.05, 0.1) is 0 Å². The van der Waals surface area contributed by atoms with Crippen molar-refractivity contribution in [2.75, 3.05) is 6.16 Å². The van der Waals surface area contributed by atoms with Gasteiger partial charge in [-0.05, 0) is 0 Å². The number of rotatable bonds is 3. The summed E-state index contributed by atoms with van der Waals surface area (Å²) < 4.78 is 1.64. The summed E-state index contributed by atoms with van der Waals surface area (Å²) in [6.07, 6.45) is 8.83. The van der Waals surface area contributed by atoms with Crippen LogP contribution in [0.1, 0.15) is 59.8 Å². The van der Waals surface area contributed by atoms with Crippen LogP contribution >= 0.6 is 8.58 Å². The van der Waals surface area contributed by atoms with Gasteiger partial charge in [-0.3, -0.25) is 0 Å². The third-order valence-corrected chi connectivity index (χ3v) is 7.76. The third-order valence-electron chi connectivity index (χ3n) is 5.69. The van der Waals surface area contributed by atoms with Gasteiger partial charge in [0.2, 0.25) is 0 Å². The van der Waals surface area contributed by atoms with Crippen molar-refractivity contribution in [1.29, 1.82) is 0 Å². The summed E-state index contributed by atoms with van der Waals surface area (Å²) >= 11 is 2.36. The van der Waals surface area contributed by atoms with E-state index in [1.807, 2.05) is 0 Å². The first-order valence-electron chi connectivity index (χ1n) is 7.56. The van der Waals surface area contributed by atoms with Gasteiger partial charge in [0.1, 0.15) is 0 Å². The van der Waals surface area contributed by atoms with E-state index in [9.17, 15) is 0 Å². The van der Waals surface area contributed by atoms with E-state index in [4.69, 9.17) is 0 Å². The molecule has 0 N–H and O–H groups in total. The average Bonchev–Trinajstić information content (AvgIpc) is 2.54. The van der Waals surface area contributed by atoms with Crippen LogP contribution < -0.4 is 0 Å². The number of allylic oxidation sites excluding steroid dienone is 4. The third kappa shape index (κ3) is 2.68. The minimum absolute atomic E-state index is 0.379. The first-order chi connectivity index (χ1) is 8.47. The molecule has 0 heterocycles. The average molecular weight is 256 g/mol. The quantitative estimate of drug-likeness (QED) is 0.502. The van der Waals surface area contributed by atoms with Crippen molar-refractivity contribution in [1.82, 2.24) is 0 Å². The summed E-state index contributed by atoms with van der Waals surface area (Å²) in [5, 5.41) is 0. The van der Waals surface area contributed by atoms with Crippen molar-refractivity contribution in [2.24, 2.45) is 5.41 Å². The predicted molar refractivity (Wildman–Crippen MR) is 85.0 cm³/mol. The van der Waals surface area contributed by atoms with E-state index < -0.39 is 0 Å². The second-order valence-corrected chi connectivity index (χ2v) is 8.13. The molecule has 2 aliphatic carbocycles. The molecule has 2 atom stereocenters. The molecule has 0 radical (unpaired) electrons. The van der Waals surface area contributed by atoms with E-state index >= 15 is 0 Å². The Morgan fingerprint density at radius 2 is 1.72 bits per heavy atom. The van der Waals surface area contributed by atoms with Crippen molar-refractivity contribution in [3.8, 4) is 0 Å². The molecule has 0 aromatic carbocycles. The predicted octanol–water partition coefficient (Wildman–Crippen LogP) is 4.80. The molecule has 2 heteroatoms. The van der Waals surface area contributed by atoms with E-state index in [0.717, 1.165) is 5.66 Å². The van der Waals surface area contributed by atoms with E-state index in [0.29, 0.717) is 5.41 Å². The monoisotopic (exact) mass is 256 g/mol. The standard InChI is InChI=1S/C16H26P.Li/c1-12-10-16(4,14(3)13(12)2)11-17-15-8-6-5-7-9-15;/h15,17H,5-9,11H2,1-4H3;. The van der Waals surface area contributed by atoms with Crippen LogP contribution in [0.5, 0.6) is 0 Å². The van der Waals surface area contributed by atoms with Crippen LogP contribution in [0.25, 0.3) is 0 Å². The normalized spacial score (nSPS) is 31.2. The van der Waals surface area contributed by atoms with E-state index in [2.05, 4.69) is 45.4 Å². The molecule has 0 aromatic heterocycles. The Morgan fingerprint density at radius 1 is 1.11 bits per heavy atom. The maximum absolute atomic E-state index is 2.48. The van der Waals surface area contributed by atoms with Crippen molar-refractivity contribution in [2.45, 2.75) is 65.5 Å². The molecule has 2 rings (SSSR count). The molecule has 18 heavy (non-hydrogen) atoms. The maximum atomic E-state index is 2.48. The summed E-state index contributed by atoms with van der Waals surface area (Å²) in [6, 6.07) is 0. The SMILES string of the molecule is [Li][C]1=C(C)C(C)=C(C)C1(C)CPC1CCCCC1. The zero-order valence-electron chi connectivity index (χ0n) is 12.8. The van der Waals surface area contributed by atoms with Crippen molar-refractivity contribution in [3.05, 3.63) is 21.0 Å². The zero-order chi connectivity index (χ0) is 13.3. The van der Waals surface area contributed by atoms with Gasteiger partial charge in [-0.25, -0.2) is 0 Å². The fourth-order valence-electron chi connectivity index (χ4n) is 3.59. The van der Waals surface area contributed by atoms with Gasteiger partial charge in [-0.1, -0.05) is 0 Å². The van der Waals surface area contributed by atoms with E-state index in [-0.39, 0.29) is 0 Å². The fraction of sp³-hybridized carbons (Fsp3) is 0.750. The Labute approximate surface area is 124 Å². The fourth-order valence-corrected chi connectivity index (χ4v) is 5.64. The summed E-state index contributed by atoms with van der Waals surface area (Å²) in [5.41, 5.74) is 6.18. The molecule has 2 aliphatic rings. The molecular weight excluding hydrogens is 230 g/mol. The van der Waals surface area contributed by atoms with Crippen LogP contribution in [0.4, 0.5) is 0 Å². The molecule has 0 nitrogen and oxygen atoms in total. The van der Waals surface area contributed by atoms with Gasteiger partial charge < -0.3 is 0 Å².